The van der Waals surface area contributed by atoms with Crippen LogP contribution in [0.1, 0.15) is 49.7 Å². The Hall–Kier alpha value is -0.742. The van der Waals surface area contributed by atoms with E-state index in [0.29, 0.717) is 41.9 Å². The Morgan fingerprint density at radius 1 is 0.736 bits per heavy atom. The molecule has 0 amide bonds. The van der Waals surface area contributed by atoms with Crippen molar-refractivity contribution in [3.63, 3.8) is 0 Å². The predicted molar refractivity (Wildman–Crippen MR) is 198 cm³/mol. The van der Waals surface area contributed by atoms with Gasteiger partial charge in [-0.05, 0) is 72.2 Å². The number of carbonyl (C=O) groups is 2. The first-order chi connectivity index (χ1) is 22.6. The molecule has 0 fully saturated rings. The Balaban J connectivity index is -0.000000252. The summed E-state index contributed by atoms with van der Waals surface area (Å²) in [5, 5.41) is 46.2. The molecule has 1 radical (unpaired) electrons. The summed E-state index contributed by atoms with van der Waals surface area (Å²) in [6.45, 7) is 1.93. The minimum atomic E-state index is -1.22. The first-order valence-corrected chi connectivity index (χ1v) is 18.2. The van der Waals surface area contributed by atoms with E-state index in [1.54, 1.807) is 17.0 Å². The number of aliphatic carboxylic acids is 2. The molecule has 0 spiro atoms. The largest absolute Gasteiger partial charge is 2.00 e. The van der Waals surface area contributed by atoms with E-state index >= 15 is 0 Å². The molecule has 2 aromatic rings. The molecule has 0 aliphatic carbocycles. The maximum absolute atomic E-state index is 11.9. The van der Waals surface area contributed by atoms with Crippen LogP contribution >= 0.6 is 63.7 Å². The number of carbonyl (C=O) groups excluding carboxylic acids is 2. The van der Waals surface area contributed by atoms with E-state index in [4.69, 9.17) is 11.1 Å². The number of nitrogens with zero attached hydrogens (tertiary/aromatic N) is 6. The van der Waals surface area contributed by atoms with Crippen molar-refractivity contribution in [3.05, 3.63) is 63.7 Å². The van der Waals surface area contributed by atoms with Crippen molar-refractivity contribution in [2.45, 2.75) is 50.6 Å². The summed E-state index contributed by atoms with van der Waals surface area (Å²) in [5.74, 6) is -2.88. The van der Waals surface area contributed by atoms with E-state index in [-0.39, 0.29) is 74.4 Å². The Morgan fingerprint density at radius 3 is 1.25 bits per heavy atom. The Labute approximate surface area is 383 Å². The van der Waals surface area contributed by atoms with E-state index in [9.17, 15) is 30.0 Å². The first kappa shape index (κ1) is 61.5. The molecule has 2 rings (SSSR count). The second-order valence-corrected chi connectivity index (χ2v) is 16.5. The zero-order valence-electron chi connectivity index (χ0n) is 29.8. The second kappa shape index (κ2) is 31.4. The monoisotopic (exact) mass is 1260 g/mol. The fourth-order valence-corrected chi connectivity index (χ4v) is 6.63. The van der Waals surface area contributed by atoms with Crippen molar-refractivity contribution in [2.24, 2.45) is 9.98 Å². The summed E-state index contributed by atoms with van der Waals surface area (Å²) in [4.78, 5) is 32.3. The van der Waals surface area contributed by atoms with Gasteiger partial charge in [0.15, 0.2) is 0 Å². The van der Waals surface area contributed by atoms with Crippen LogP contribution in [0.5, 0.6) is 11.5 Å². The second-order valence-electron chi connectivity index (χ2n) is 12.9. The van der Waals surface area contributed by atoms with Crippen molar-refractivity contribution in [2.75, 3.05) is 55.4 Å². The summed E-state index contributed by atoms with van der Waals surface area (Å²) in [5.41, 5.74) is 12.9. The van der Waals surface area contributed by atoms with Crippen molar-refractivity contribution in [3.8, 4) is 11.5 Å². The summed E-state index contributed by atoms with van der Waals surface area (Å²) >= 11 is 13.0. The van der Waals surface area contributed by atoms with Crippen LogP contribution in [0.15, 0.2) is 52.1 Å². The van der Waals surface area contributed by atoms with E-state index in [1.165, 1.54) is 24.6 Å². The molecular formula is C32H43Br4Cl2CuN7O6Pt. The smallest absolute Gasteiger partial charge is 1.00 e. The van der Waals surface area contributed by atoms with Gasteiger partial charge in [0.2, 0.25) is 0 Å². The summed E-state index contributed by atoms with van der Waals surface area (Å²) in [7, 11) is 12.6. The normalized spacial score (nSPS) is 11.8. The van der Waals surface area contributed by atoms with Gasteiger partial charge < -0.3 is 63.8 Å². The molecule has 0 saturated heterocycles. The van der Waals surface area contributed by atoms with E-state index in [2.05, 4.69) is 116 Å². The standard InChI is InChI=1S/2C16H22Br2N2O3.2ClH.Cu.HN3.Pt/c2*1-20(2,3)7-5-4-6-14(16(22)23)19-10-12-13(18)8-11(17)9-15(12)21;;;;1-3-2;/h2*8-10,14H,4-7H2,1-3H3,(H-,19,21,22,23);2*1H;;1H;/q;;;;+2;;+2/p-4. The average Bonchev–Trinajstić information content (AvgIpc) is 2.93. The minimum Gasteiger partial charge on any atom is -1.00 e. The molecule has 0 heterocycles. The van der Waals surface area contributed by atoms with Gasteiger partial charge in [-0.15, -0.1) is 5.53 Å². The number of carboxylic acids is 2. The zero-order chi connectivity index (χ0) is 37.9. The van der Waals surface area contributed by atoms with Crippen LogP contribution in [0.25, 0.3) is 10.4 Å². The molecular weight excluding hydrogens is 1230 g/mol. The van der Waals surface area contributed by atoms with Gasteiger partial charge in [0, 0.05) is 30.3 Å². The number of hydrogen-bond acceptors (Lipinski definition) is 9. The number of hydrogen-bond donors (Lipinski definition) is 1. The van der Waals surface area contributed by atoms with Gasteiger partial charge in [0.05, 0.1) is 79.4 Å². The van der Waals surface area contributed by atoms with Gasteiger partial charge >= 0.3 is 38.1 Å². The van der Waals surface area contributed by atoms with Gasteiger partial charge in [-0.3, -0.25) is 9.98 Å². The Kier molecular flexibility index (Phi) is 36.4. The van der Waals surface area contributed by atoms with E-state index in [0.717, 1.165) is 47.7 Å². The zero-order valence-corrected chi connectivity index (χ0v) is 40.9. The van der Waals surface area contributed by atoms with Gasteiger partial charge in [-0.25, -0.2) is 0 Å². The topological polar surface area (TPSA) is 211 Å². The van der Waals surface area contributed by atoms with E-state index in [1.807, 2.05) is 0 Å². The summed E-state index contributed by atoms with van der Waals surface area (Å²) in [6.07, 6.45) is 6.77. The van der Waals surface area contributed by atoms with Crippen LogP contribution < -0.4 is 45.2 Å². The molecule has 0 aliphatic rings. The number of quaternary nitrogens is 2. The van der Waals surface area contributed by atoms with Crippen LogP contribution in [0.2, 0.25) is 0 Å². The molecule has 13 nitrogen and oxygen atoms in total. The molecule has 21 heteroatoms. The number of unbranched alkanes of at least 4 members (excludes halogenated alkanes) is 2. The van der Waals surface area contributed by atoms with Crippen LogP contribution in [-0.2, 0) is 47.7 Å². The predicted octanol–water partition coefficient (Wildman–Crippen LogP) is -1.72. The molecule has 2 aromatic carbocycles. The third kappa shape index (κ3) is 29.2. The number of rotatable bonds is 16. The maximum Gasteiger partial charge on any atom is 2.00 e. The molecule has 2 unspecified atom stereocenters. The van der Waals surface area contributed by atoms with Crippen LogP contribution in [0, 0.1) is 5.53 Å². The Morgan fingerprint density at radius 2 is 1.02 bits per heavy atom. The maximum atomic E-state index is 11.9. The Bertz CT molecular complexity index is 1350. The number of carboxylic acid groups (broad SMARTS) is 2. The molecule has 2 atom stereocenters. The molecule has 1 N–H and O–H groups in total. The SMILES string of the molecule is C[N+](C)(C)CCCCC(N=Cc1c([O-])cc(Br)cc1Br)C(=O)[O-].C[N+](C)(C)CCCCC(N=Cc1c([O-])cc(Br)cc1Br)C(=O)[O-].[Cl-].[Cl-].[Cu+2].[N-]=[N+]=N.[Pt+2]. The van der Waals surface area contributed by atoms with Crippen LogP contribution in [0.4, 0.5) is 0 Å². The minimum absolute atomic E-state index is 0. The van der Waals surface area contributed by atoms with E-state index < -0.39 is 24.0 Å². The third-order valence-electron chi connectivity index (χ3n) is 6.54. The number of halogens is 6. The molecule has 305 valence electrons. The van der Waals surface area contributed by atoms with Crippen molar-refractivity contribution >= 4 is 88.1 Å². The fraction of sp³-hybridized carbons (Fsp3) is 0.500. The van der Waals surface area contributed by atoms with Gasteiger partial charge in [0.25, 0.3) is 0 Å². The van der Waals surface area contributed by atoms with Crippen LogP contribution in [-0.4, -0.2) is 101 Å². The number of benzene rings is 2. The molecule has 0 saturated carbocycles. The quantitative estimate of drug-likeness (QED) is 0.0393. The van der Waals surface area contributed by atoms with Crippen molar-refractivity contribution < 1.29 is 102 Å². The van der Waals surface area contributed by atoms with Crippen molar-refractivity contribution in [1.82, 2.24) is 0 Å². The third-order valence-corrected chi connectivity index (χ3v) is 8.76. The fourth-order valence-electron chi connectivity index (χ4n) is 4.06. The molecule has 0 bridgehead atoms. The van der Waals surface area contributed by atoms with Crippen molar-refractivity contribution in [1.29, 1.82) is 5.53 Å². The summed E-state index contributed by atoms with van der Waals surface area (Å²) < 4.78 is 4.13. The first-order valence-electron chi connectivity index (χ1n) is 15.0. The van der Waals surface area contributed by atoms with Gasteiger partial charge in [-0.1, -0.05) is 87.4 Å². The van der Waals surface area contributed by atoms with Crippen LogP contribution in [0.3, 0.4) is 0 Å². The molecule has 53 heavy (non-hydrogen) atoms. The number of nitrogens with one attached hydrogen (secondary N) is 1. The number of aliphatic imine (C=N–C) groups is 2. The van der Waals surface area contributed by atoms with Gasteiger partial charge in [0.1, 0.15) is 0 Å². The molecule has 0 aliphatic heterocycles. The van der Waals surface area contributed by atoms with Gasteiger partial charge in [-0.2, -0.15) is 0 Å². The summed E-state index contributed by atoms with van der Waals surface area (Å²) in [6, 6.07) is 4.41. The average molecular weight is 1270 g/mol. The molecule has 0 aromatic heterocycles.